The van der Waals surface area contributed by atoms with Crippen molar-refractivity contribution < 1.29 is 13.2 Å². The maximum atomic E-state index is 12.1. The molecule has 0 aromatic rings. The highest BCUT2D eigenvalue weighted by Gasteiger charge is 2.43. The van der Waals surface area contributed by atoms with Gasteiger partial charge in [-0.05, 0) is 32.9 Å². The average molecular weight is 317 g/mol. The number of rotatable bonds is 5. The van der Waals surface area contributed by atoms with E-state index in [9.17, 15) is 8.42 Å². The van der Waals surface area contributed by atoms with Crippen LogP contribution in [0.3, 0.4) is 0 Å². The Morgan fingerprint density at radius 3 is 2.57 bits per heavy atom. The van der Waals surface area contributed by atoms with Gasteiger partial charge in [-0.25, -0.2) is 8.42 Å². The van der Waals surface area contributed by atoms with E-state index in [4.69, 9.17) is 4.74 Å². The first-order chi connectivity index (χ1) is 10.1. The third-order valence-corrected chi connectivity index (χ3v) is 6.86. The monoisotopic (exact) mass is 317 g/mol. The van der Waals surface area contributed by atoms with Gasteiger partial charge >= 0.3 is 0 Å². The molecule has 0 bridgehead atoms. The number of likely N-dealkylation sites (tertiary alicyclic amines) is 1. The molecule has 0 spiro atoms. The van der Waals surface area contributed by atoms with Gasteiger partial charge in [-0.3, -0.25) is 4.90 Å². The Kier molecular flexibility index (Phi) is 4.85. The molecule has 3 saturated heterocycles. The van der Waals surface area contributed by atoms with Gasteiger partial charge in [0.25, 0.3) is 0 Å². The van der Waals surface area contributed by atoms with Gasteiger partial charge in [0.2, 0.25) is 10.0 Å². The molecule has 3 rings (SSSR count). The van der Waals surface area contributed by atoms with Gasteiger partial charge in [0.05, 0.1) is 24.5 Å². The second-order valence-corrected chi connectivity index (χ2v) is 8.54. The summed E-state index contributed by atoms with van der Waals surface area (Å²) >= 11 is 0. The molecular weight excluding hydrogens is 290 g/mol. The molecule has 0 aromatic heterocycles. The van der Waals surface area contributed by atoms with Crippen LogP contribution in [0.4, 0.5) is 0 Å². The summed E-state index contributed by atoms with van der Waals surface area (Å²) in [5.41, 5.74) is 0. The number of hydrogen-bond donors (Lipinski definition) is 0. The van der Waals surface area contributed by atoms with Crippen LogP contribution < -0.4 is 0 Å². The predicted molar refractivity (Wildman–Crippen MR) is 81.8 cm³/mol. The lowest BCUT2D eigenvalue weighted by atomic mass is 10.1. The number of hydrogen-bond acceptors (Lipinski definition) is 5. The standard InChI is InChI=1S/C14H27N3O3S/c1-2-21(18,19)17-11-13-14(12-17)20-10-9-16(13)8-7-15-5-3-4-6-15/h13-14H,2-12H2,1H3/t13-,14-/m0/s1. The summed E-state index contributed by atoms with van der Waals surface area (Å²) < 4.78 is 31.6. The molecule has 0 saturated carbocycles. The Balaban J connectivity index is 1.58. The summed E-state index contributed by atoms with van der Waals surface area (Å²) in [7, 11) is -3.09. The minimum atomic E-state index is -3.09. The second-order valence-electron chi connectivity index (χ2n) is 6.28. The zero-order chi connectivity index (χ0) is 14.9. The van der Waals surface area contributed by atoms with E-state index in [0.29, 0.717) is 13.1 Å². The number of ether oxygens (including phenoxy) is 1. The van der Waals surface area contributed by atoms with E-state index in [1.54, 1.807) is 11.2 Å². The van der Waals surface area contributed by atoms with Crippen molar-refractivity contribution >= 4 is 10.0 Å². The van der Waals surface area contributed by atoms with Crippen molar-refractivity contribution in [2.75, 3.05) is 58.2 Å². The van der Waals surface area contributed by atoms with Crippen LogP contribution in [0.1, 0.15) is 19.8 Å². The molecule has 0 N–H and O–H groups in total. The van der Waals surface area contributed by atoms with Gasteiger partial charge < -0.3 is 9.64 Å². The molecule has 0 amide bonds. The molecule has 3 aliphatic rings. The van der Waals surface area contributed by atoms with Crippen molar-refractivity contribution in [3.63, 3.8) is 0 Å². The average Bonchev–Trinajstić information content (AvgIpc) is 3.14. The zero-order valence-electron chi connectivity index (χ0n) is 12.9. The summed E-state index contributed by atoms with van der Waals surface area (Å²) in [5.74, 6) is 0.181. The van der Waals surface area contributed by atoms with Crippen molar-refractivity contribution in [3.8, 4) is 0 Å². The fraction of sp³-hybridized carbons (Fsp3) is 1.00. The molecule has 122 valence electrons. The first-order valence-corrected chi connectivity index (χ1v) is 9.77. The van der Waals surface area contributed by atoms with Crippen LogP contribution in [-0.4, -0.2) is 92.8 Å². The van der Waals surface area contributed by atoms with Crippen LogP contribution in [0.5, 0.6) is 0 Å². The molecule has 2 atom stereocenters. The Morgan fingerprint density at radius 2 is 1.86 bits per heavy atom. The number of nitrogens with zero attached hydrogens (tertiary/aromatic N) is 3. The van der Waals surface area contributed by atoms with E-state index in [-0.39, 0.29) is 17.9 Å². The van der Waals surface area contributed by atoms with E-state index in [1.165, 1.54) is 25.9 Å². The van der Waals surface area contributed by atoms with Gasteiger partial charge in [-0.2, -0.15) is 4.31 Å². The van der Waals surface area contributed by atoms with Crippen molar-refractivity contribution in [2.24, 2.45) is 0 Å². The molecule has 7 heteroatoms. The smallest absolute Gasteiger partial charge is 0.213 e. The molecule has 6 nitrogen and oxygen atoms in total. The topological polar surface area (TPSA) is 53.1 Å². The molecule has 3 fully saturated rings. The highest BCUT2D eigenvalue weighted by atomic mass is 32.2. The van der Waals surface area contributed by atoms with E-state index in [0.717, 1.165) is 26.2 Å². The van der Waals surface area contributed by atoms with Crippen LogP contribution >= 0.6 is 0 Å². The van der Waals surface area contributed by atoms with Crippen molar-refractivity contribution in [1.82, 2.24) is 14.1 Å². The van der Waals surface area contributed by atoms with Gasteiger partial charge in [0.1, 0.15) is 0 Å². The largest absolute Gasteiger partial charge is 0.374 e. The third kappa shape index (κ3) is 3.42. The number of sulfonamides is 1. The van der Waals surface area contributed by atoms with E-state index < -0.39 is 10.0 Å². The minimum absolute atomic E-state index is 0.0543. The van der Waals surface area contributed by atoms with E-state index in [1.807, 2.05) is 0 Å². The fourth-order valence-corrected chi connectivity index (χ4v) is 4.81. The highest BCUT2D eigenvalue weighted by Crippen LogP contribution is 2.25. The van der Waals surface area contributed by atoms with Crippen LogP contribution in [0.15, 0.2) is 0 Å². The van der Waals surface area contributed by atoms with E-state index >= 15 is 0 Å². The summed E-state index contributed by atoms with van der Waals surface area (Å²) in [5, 5.41) is 0. The van der Waals surface area contributed by atoms with Gasteiger partial charge in [0, 0.05) is 32.7 Å². The SMILES string of the molecule is CCS(=O)(=O)N1C[C@@H]2OCCN(CCN3CCCC3)[C@H]2C1. The Hall–Kier alpha value is -0.210. The first-order valence-electron chi connectivity index (χ1n) is 8.16. The molecule has 3 heterocycles. The molecule has 0 aromatic carbocycles. The van der Waals surface area contributed by atoms with Crippen molar-refractivity contribution in [1.29, 1.82) is 0 Å². The Morgan fingerprint density at radius 1 is 1.10 bits per heavy atom. The third-order valence-electron chi connectivity index (χ3n) is 5.04. The maximum absolute atomic E-state index is 12.1. The van der Waals surface area contributed by atoms with Crippen molar-refractivity contribution in [3.05, 3.63) is 0 Å². The zero-order valence-corrected chi connectivity index (χ0v) is 13.7. The summed E-state index contributed by atoms with van der Waals surface area (Å²) in [6.07, 6.45) is 2.69. The lowest BCUT2D eigenvalue weighted by Crippen LogP contribution is -2.52. The molecule has 21 heavy (non-hydrogen) atoms. The normalized spacial score (nSPS) is 32.6. The molecule has 3 aliphatic heterocycles. The van der Waals surface area contributed by atoms with Gasteiger partial charge in [-0.15, -0.1) is 0 Å². The summed E-state index contributed by atoms with van der Waals surface area (Å²) in [6, 6.07) is 0.239. The van der Waals surface area contributed by atoms with Gasteiger partial charge in [-0.1, -0.05) is 0 Å². The predicted octanol–water partition coefficient (Wildman–Crippen LogP) is -0.183. The molecule has 0 radical (unpaired) electrons. The van der Waals surface area contributed by atoms with Crippen LogP contribution in [0.25, 0.3) is 0 Å². The van der Waals surface area contributed by atoms with Gasteiger partial charge in [0.15, 0.2) is 0 Å². The lowest BCUT2D eigenvalue weighted by Gasteiger charge is -2.37. The van der Waals surface area contributed by atoms with Crippen molar-refractivity contribution in [2.45, 2.75) is 31.9 Å². The summed E-state index contributed by atoms with van der Waals surface area (Å²) in [4.78, 5) is 4.96. The number of morpholine rings is 1. The quantitative estimate of drug-likeness (QED) is 0.704. The molecule has 0 unspecified atom stereocenters. The molecular formula is C14H27N3O3S. The maximum Gasteiger partial charge on any atom is 0.213 e. The summed E-state index contributed by atoms with van der Waals surface area (Å²) in [6.45, 7) is 9.05. The van der Waals surface area contributed by atoms with Crippen LogP contribution in [0.2, 0.25) is 0 Å². The van der Waals surface area contributed by atoms with Crippen LogP contribution in [-0.2, 0) is 14.8 Å². The fourth-order valence-electron chi connectivity index (χ4n) is 3.69. The minimum Gasteiger partial charge on any atom is -0.374 e. The Labute approximate surface area is 128 Å². The first kappa shape index (κ1) is 15.7. The number of fused-ring (bicyclic) bond motifs is 1. The van der Waals surface area contributed by atoms with Crippen LogP contribution in [0, 0.1) is 0 Å². The highest BCUT2D eigenvalue weighted by molar-refractivity contribution is 7.89. The lowest BCUT2D eigenvalue weighted by molar-refractivity contribution is -0.0485. The van der Waals surface area contributed by atoms with E-state index in [2.05, 4.69) is 9.80 Å². The molecule has 0 aliphatic carbocycles. The Bertz CT molecular complexity index is 450. The second kappa shape index (κ2) is 6.50.